The quantitative estimate of drug-likeness (QED) is 0.681. The van der Waals surface area contributed by atoms with Crippen molar-refractivity contribution in [2.24, 2.45) is 0 Å². The fourth-order valence-electron chi connectivity index (χ4n) is 1.78. The van der Waals surface area contributed by atoms with Crippen molar-refractivity contribution in [1.82, 2.24) is 15.3 Å². The van der Waals surface area contributed by atoms with Crippen LogP contribution in [-0.4, -0.2) is 21.8 Å². The summed E-state index contributed by atoms with van der Waals surface area (Å²) >= 11 is 0. The van der Waals surface area contributed by atoms with Crippen LogP contribution in [-0.2, 0) is 0 Å². The minimum absolute atomic E-state index is 0.338. The number of nitrogens with zero attached hydrogens (tertiary/aromatic N) is 2. The number of nitrogens with two attached hydrogens (primary N) is 1. The van der Waals surface area contributed by atoms with Gasteiger partial charge in [0, 0.05) is 5.69 Å². The average Bonchev–Trinajstić information content (AvgIpc) is 2.68. The molecule has 1 aromatic carbocycles. The van der Waals surface area contributed by atoms with Crippen LogP contribution in [0.25, 0.3) is 0 Å². The van der Waals surface area contributed by atoms with Crippen molar-refractivity contribution in [3.05, 3.63) is 41.7 Å². The molecule has 0 radical (unpaired) electrons. The lowest BCUT2D eigenvalue weighted by molar-refractivity contribution is 0.0879. The lowest BCUT2D eigenvalue weighted by Crippen LogP contribution is -2.19. The number of rotatable bonds is 2. The zero-order valence-electron chi connectivity index (χ0n) is 9.68. The minimum Gasteiger partial charge on any atom is -0.396 e. The van der Waals surface area contributed by atoms with Gasteiger partial charge in [-0.15, -0.1) is 0 Å². The van der Waals surface area contributed by atoms with Gasteiger partial charge < -0.3 is 11.1 Å². The van der Waals surface area contributed by atoms with Gasteiger partial charge in [-0.25, -0.2) is 9.97 Å². The topological polar surface area (TPSA) is 110 Å². The first-order valence-corrected chi connectivity index (χ1v) is 5.48. The first-order valence-electron chi connectivity index (χ1n) is 5.48. The van der Waals surface area contributed by atoms with Crippen molar-refractivity contribution >= 4 is 29.1 Å². The summed E-state index contributed by atoms with van der Waals surface area (Å²) in [7, 11) is 0. The summed E-state index contributed by atoms with van der Waals surface area (Å²) < 4.78 is 0. The largest absolute Gasteiger partial charge is 0.396 e. The highest BCUT2D eigenvalue weighted by Crippen LogP contribution is 2.21. The number of nitrogens with one attached hydrogen (secondary N) is 2. The Morgan fingerprint density at radius 2 is 1.74 bits per heavy atom. The molecule has 0 aliphatic carbocycles. The van der Waals surface area contributed by atoms with Crippen molar-refractivity contribution in [2.45, 2.75) is 0 Å². The van der Waals surface area contributed by atoms with E-state index in [2.05, 4.69) is 20.6 Å². The number of carbonyl (C=O) groups is 2. The van der Waals surface area contributed by atoms with Gasteiger partial charge >= 0.3 is 0 Å². The molecule has 94 valence electrons. The summed E-state index contributed by atoms with van der Waals surface area (Å²) in [5.74, 6) is -0.420. The maximum Gasteiger partial charge on any atom is 0.259 e. The van der Waals surface area contributed by atoms with Crippen LogP contribution < -0.4 is 16.4 Å². The van der Waals surface area contributed by atoms with Gasteiger partial charge in [-0.05, 0) is 18.2 Å². The molecule has 0 saturated carbocycles. The molecule has 3 rings (SSSR count). The highest BCUT2D eigenvalue weighted by atomic mass is 16.2. The maximum absolute atomic E-state index is 11.5. The summed E-state index contributed by atoms with van der Waals surface area (Å²) in [5.41, 5.74) is 7.27. The molecule has 2 amide bonds. The summed E-state index contributed by atoms with van der Waals surface area (Å²) in [5, 5.41) is 5.15. The summed E-state index contributed by atoms with van der Waals surface area (Å²) in [4.78, 5) is 30.9. The van der Waals surface area contributed by atoms with Crippen LogP contribution in [0.15, 0.2) is 30.6 Å². The van der Waals surface area contributed by atoms with Gasteiger partial charge in [0.05, 0.1) is 29.2 Å². The van der Waals surface area contributed by atoms with E-state index in [0.717, 1.165) is 0 Å². The highest BCUT2D eigenvalue weighted by molar-refractivity contribution is 6.21. The third kappa shape index (κ3) is 1.97. The van der Waals surface area contributed by atoms with E-state index in [1.807, 2.05) is 0 Å². The number of nitrogen functional groups attached to an aromatic ring is 1. The number of benzene rings is 1. The normalized spacial score (nSPS) is 13.1. The number of fused-ring (bicyclic) bond motifs is 1. The third-order valence-corrected chi connectivity index (χ3v) is 2.66. The minimum atomic E-state index is -0.401. The zero-order valence-corrected chi connectivity index (χ0v) is 9.68. The Labute approximate surface area is 107 Å². The average molecular weight is 255 g/mol. The Hall–Kier alpha value is -2.96. The number of aromatic nitrogens is 2. The van der Waals surface area contributed by atoms with Crippen LogP contribution in [0.2, 0.25) is 0 Å². The Balaban J connectivity index is 1.91. The van der Waals surface area contributed by atoms with Crippen LogP contribution in [0.3, 0.4) is 0 Å². The van der Waals surface area contributed by atoms with Gasteiger partial charge in [0.2, 0.25) is 5.95 Å². The second-order valence-electron chi connectivity index (χ2n) is 4.01. The smallest absolute Gasteiger partial charge is 0.259 e. The molecule has 19 heavy (non-hydrogen) atoms. The molecular formula is C12H9N5O2. The van der Waals surface area contributed by atoms with Gasteiger partial charge in [-0.1, -0.05) is 0 Å². The summed E-state index contributed by atoms with van der Waals surface area (Å²) in [6.07, 6.45) is 2.94. The molecule has 0 fully saturated rings. The first kappa shape index (κ1) is 11.1. The first-order chi connectivity index (χ1) is 9.13. The number of amides is 2. The Morgan fingerprint density at radius 3 is 2.47 bits per heavy atom. The van der Waals surface area contributed by atoms with Crippen molar-refractivity contribution < 1.29 is 9.59 Å². The predicted molar refractivity (Wildman–Crippen MR) is 68.0 cm³/mol. The van der Waals surface area contributed by atoms with E-state index in [9.17, 15) is 9.59 Å². The predicted octanol–water partition coefficient (Wildman–Crippen LogP) is 0.686. The third-order valence-electron chi connectivity index (χ3n) is 2.66. The molecule has 0 saturated heterocycles. The Morgan fingerprint density at radius 1 is 1.05 bits per heavy atom. The van der Waals surface area contributed by atoms with Crippen molar-refractivity contribution in [1.29, 1.82) is 0 Å². The molecule has 0 spiro atoms. The number of anilines is 3. The number of hydrogen-bond acceptors (Lipinski definition) is 6. The molecule has 1 aliphatic rings. The van der Waals surface area contributed by atoms with E-state index in [4.69, 9.17) is 5.73 Å². The standard InChI is InChI=1S/C12H9N5O2/c13-6-4-14-12(15-5-6)16-7-1-2-8-9(3-7)11(19)17-10(8)18/h1-5H,13H2,(H,14,15,16)(H,17,18,19). The fraction of sp³-hybridized carbons (Fsp3) is 0. The van der Waals surface area contributed by atoms with Crippen LogP contribution in [0, 0.1) is 0 Å². The lowest BCUT2D eigenvalue weighted by atomic mass is 10.1. The van der Waals surface area contributed by atoms with Gasteiger partial charge in [0.1, 0.15) is 0 Å². The van der Waals surface area contributed by atoms with Crippen LogP contribution in [0.1, 0.15) is 20.7 Å². The van der Waals surface area contributed by atoms with E-state index < -0.39 is 5.91 Å². The number of hydrogen-bond donors (Lipinski definition) is 3. The molecule has 1 aromatic heterocycles. The van der Waals surface area contributed by atoms with Gasteiger partial charge in [-0.2, -0.15) is 0 Å². The molecule has 2 aromatic rings. The number of imide groups is 1. The lowest BCUT2D eigenvalue weighted by Gasteiger charge is -2.05. The Kier molecular flexibility index (Phi) is 2.38. The molecule has 0 bridgehead atoms. The summed E-state index contributed by atoms with van der Waals surface area (Å²) in [6, 6.07) is 4.83. The van der Waals surface area contributed by atoms with E-state index in [0.29, 0.717) is 28.5 Å². The SMILES string of the molecule is Nc1cnc(Nc2ccc3c(c2)C(=O)NC3=O)nc1. The molecule has 7 nitrogen and oxygen atoms in total. The van der Waals surface area contributed by atoms with E-state index in [-0.39, 0.29) is 5.91 Å². The molecule has 2 heterocycles. The second-order valence-corrected chi connectivity index (χ2v) is 4.01. The summed E-state index contributed by atoms with van der Waals surface area (Å²) in [6.45, 7) is 0. The molecule has 7 heteroatoms. The van der Waals surface area contributed by atoms with Crippen molar-refractivity contribution in [3.8, 4) is 0 Å². The zero-order chi connectivity index (χ0) is 13.4. The van der Waals surface area contributed by atoms with Crippen molar-refractivity contribution in [3.63, 3.8) is 0 Å². The molecule has 0 unspecified atom stereocenters. The van der Waals surface area contributed by atoms with Crippen LogP contribution >= 0.6 is 0 Å². The molecule has 1 aliphatic heterocycles. The monoisotopic (exact) mass is 255 g/mol. The van der Waals surface area contributed by atoms with E-state index >= 15 is 0 Å². The maximum atomic E-state index is 11.5. The molecule has 0 atom stereocenters. The van der Waals surface area contributed by atoms with E-state index in [1.54, 1.807) is 18.2 Å². The van der Waals surface area contributed by atoms with E-state index in [1.165, 1.54) is 12.4 Å². The van der Waals surface area contributed by atoms with Crippen LogP contribution in [0.4, 0.5) is 17.3 Å². The highest BCUT2D eigenvalue weighted by Gasteiger charge is 2.26. The second kappa shape index (κ2) is 4.05. The van der Waals surface area contributed by atoms with Crippen molar-refractivity contribution in [2.75, 3.05) is 11.1 Å². The van der Waals surface area contributed by atoms with Gasteiger partial charge in [0.15, 0.2) is 0 Å². The van der Waals surface area contributed by atoms with Crippen LogP contribution in [0.5, 0.6) is 0 Å². The molecular weight excluding hydrogens is 246 g/mol. The number of carbonyl (C=O) groups excluding carboxylic acids is 2. The fourth-order valence-corrected chi connectivity index (χ4v) is 1.78. The Bertz CT molecular complexity index is 681. The molecule has 4 N–H and O–H groups in total. The van der Waals surface area contributed by atoms with Gasteiger partial charge in [0.25, 0.3) is 11.8 Å². The van der Waals surface area contributed by atoms with Gasteiger partial charge in [-0.3, -0.25) is 14.9 Å².